The third-order valence-electron chi connectivity index (χ3n) is 5.11. The zero-order valence-electron chi connectivity index (χ0n) is 16.1. The van der Waals surface area contributed by atoms with Crippen LogP contribution >= 0.6 is 24.0 Å². The predicted octanol–water partition coefficient (Wildman–Crippen LogP) is 3.57. The lowest BCUT2D eigenvalue weighted by Crippen LogP contribution is -2.44. The van der Waals surface area contributed by atoms with Crippen LogP contribution in [0.3, 0.4) is 0 Å². The van der Waals surface area contributed by atoms with E-state index in [9.17, 15) is 0 Å². The maximum absolute atomic E-state index is 5.81. The van der Waals surface area contributed by atoms with Crippen molar-refractivity contribution in [1.82, 2.24) is 10.6 Å². The van der Waals surface area contributed by atoms with Crippen molar-refractivity contribution in [3.05, 3.63) is 0 Å². The molecule has 1 aliphatic carbocycles. The number of halogens is 1. The van der Waals surface area contributed by atoms with Crippen molar-refractivity contribution in [2.45, 2.75) is 64.8 Å². The topological polar surface area (TPSA) is 54.9 Å². The monoisotopic (exact) mass is 467 g/mol. The zero-order valence-corrected chi connectivity index (χ0v) is 18.4. The number of hydrogen-bond acceptors (Lipinski definition) is 3. The maximum atomic E-state index is 5.81. The predicted molar refractivity (Wildman–Crippen MR) is 115 cm³/mol. The Labute approximate surface area is 171 Å². The first-order valence-corrected chi connectivity index (χ1v) is 9.98. The number of rotatable bonds is 8. The second-order valence-corrected chi connectivity index (χ2v) is 7.35. The molecule has 2 aliphatic rings. The summed E-state index contributed by atoms with van der Waals surface area (Å²) in [4.78, 5) is 4.71. The fourth-order valence-electron chi connectivity index (χ4n) is 3.44. The Morgan fingerprint density at radius 1 is 1.12 bits per heavy atom. The summed E-state index contributed by atoms with van der Waals surface area (Å²) in [7, 11) is 0. The van der Waals surface area contributed by atoms with Gasteiger partial charge in [-0.25, -0.2) is 0 Å². The van der Waals surface area contributed by atoms with Gasteiger partial charge in [-0.05, 0) is 63.7 Å². The van der Waals surface area contributed by atoms with E-state index in [1.54, 1.807) is 0 Å². The van der Waals surface area contributed by atoms with Crippen LogP contribution in [-0.4, -0.2) is 51.5 Å². The molecular formula is C19H38IN3O2. The molecule has 0 radical (unpaired) electrons. The van der Waals surface area contributed by atoms with E-state index in [0.717, 1.165) is 70.7 Å². The van der Waals surface area contributed by atoms with Crippen molar-refractivity contribution in [3.8, 4) is 0 Å². The van der Waals surface area contributed by atoms with Crippen molar-refractivity contribution in [2.24, 2.45) is 16.8 Å². The number of aliphatic imine (C=N–C) groups is 1. The molecule has 2 fully saturated rings. The van der Waals surface area contributed by atoms with Gasteiger partial charge in [-0.15, -0.1) is 24.0 Å². The lowest BCUT2D eigenvalue weighted by Gasteiger charge is -2.28. The molecule has 2 rings (SSSR count). The van der Waals surface area contributed by atoms with Crippen molar-refractivity contribution < 1.29 is 9.47 Å². The van der Waals surface area contributed by atoms with E-state index in [-0.39, 0.29) is 24.0 Å². The summed E-state index contributed by atoms with van der Waals surface area (Å²) in [5.74, 6) is 2.55. The van der Waals surface area contributed by atoms with Gasteiger partial charge in [0.2, 0.25) is 0 Å². The molecule has 0 aromatic heterocycles. The minimum atomic E-state index is 0. The van der Waals surface area contributed by atoms with E-state index in [1.807, 2.05) is 0 Å². The Morgan fingerprint density at radius 2 is 1.84 bits per heavy atom. The normalized spacial score (nSPS) is 25.3. The molecule has 5 nitrogen and oxygen atoms in total. The van der Waals surface area contributed by atoms with Crippen LogP contribution in [-0.2, 0) is 9.47 Å². The molecule has 1 saturated heterocycles. The van der Waals surface area contributed by atoms with Gasteiger partial charge in [0.05, 0.1) is 0 Å². The highest BCUT2D eigenvalue weighted by Crippen LogP contribution is 2.23. The molecule has 0 atom stereocenters. The van der Waals surface area contributed by atoms with Gasteiger partial charge in [0.15, 0.2) is 5.96 Å². The minimum absolute atomic E-state index is 0. The van der Waals surface area contributed by atoms with Gasteiger partial charge in [0, 0.05) is 45.6 Å². The summed E-state index contributed by atoms with van der Waals surface area (Å²) in [5.41, 5.74) is 0. The summed E-state index contributed by atoms with van der Waals surface area (Å²) in [6.45, 7) is 9.70. The summed E-state index contributed by atoms with van der Waals surface area (Å²) < 4.78 is 11.2. The van der Waals surface area contributed by atoms with Crippen LogP contribution in [0, 0.1) is 11.8 Å². The lowest BCUT2D eigenvalue weighted by atomic mass is 9.87. The molecule has 0 amide bonds. The third kappa shape index (κ3) is 9.99. The first kappa shape index (κ1) is 23.0. The van der Waals surface area contributed by atoms with Gasteiger partial charge < -0.3 is 20.1 Å². The molecule has 0 spiro atoms. The van der Waals surface area contributed by atoms with Gasteiger partial charge in [0.25, 0.3) is 0 Å². The Balaban J connectivity index is 0.00000312. The summed E-state index contributed by atoms with van der Waals surface area (Å²) in [6.07, 6.45) is 8.47. The first-order valence-electron chi connectivity index (χ1n) is 9.98. The molecule has 1 saturated carbocycles. The lowest BCUT2D eigenvalue weighted by molar-refractivity contribution is 0.0205. The van der Waals surface area contributed by atoms with Gasteiger partial charge >= 0.3 is 0 Å². The van der Waals surface area contributed by atoms with Crippen LogP contribution in [0.25, 0.3) is 0 Å². The largest absolute Gasteiger partial charge is 0.381 e. The van der Waals surface area contributed by atoms with Crippen molar-refractivity contribution in [3.63, 3.8) is 0 Å². The summed E-state index contributed by atoms with van der Waals surface area (Å²) in [6, 6.07) is 0.587. The van der Waals surface area contributed by atoms with Gasteiger partial charge in [-0.1, -0.05) is 6.92 Å². The standard InChI is InChI=1S/C19H37N3O2.HI/c1-3-20-19(22-18-7-5-16(2)6-8-18)21-11-4-12-24-15-17-9-13-23-14-10-17;/h16-18H,3-15H2,1-2H3,(H2,20,21,22);1H. The van der Waals surface area contributed by atoms with E-state index in [0.29, 0.717) is 12.0 Å². The Kier molecular flexibility index (Phi) is 12.9. The van der Waals surface area contributed by atoms with E-state index < -0.39 is 0 Å². The third-order valence-corrected chi connectivity index (χ3v) is 5.11. The molecule has 0 aromatic carbocycles. The maximum Gasteiger partial charge on any atom is 0.191 e. The number of nitrogens with one attached hydrogen (secondary N) is 2. The van der Waals surface area contributed by atoms with E-state index in [4.69, 9.17) is 14.5 Å². The molecule has 0 bridgehead atoms. The molecule has 0 aromatic rings. The highest BCUT2D eigenvalue weighted by atomic mass is 127. The highest BCUT2D eigenvalue weighted by Gasteiger charge is 2.18. The fourth-order valence-corrected chi connectivity index (χ4v) is 3.44. The molecule has 25 heavy (non-hydrogen) atoms. The smallest absolute Gasteiger partial charge is 0.191 e. The summed E-state index contributed by atoms with van der Waals surface area (Å²) >= 11 is 0. The Morgan fingerprint density at radius 3 is 2.52 bits per heavy atom. The molecule has 2 N–H and O–H groups in total. The fraction of sp³-hybridized carbons (Fsp3) is 0.947. The Hall–Kier alpha value is -0.0800. The molecule has 6 heteroatoms. The average Bonchev–Trinajstić information content (AvgIpc) is 2.61. The first-order chi connectivity index (χ1) is 11.8. The number of nitrogens with zero attached hydrogens (tertiary/aromatic N) is 1. The summed E-state index contributed by atoms with van der Waals surface area (Å²) in [5, 5.41) is 6.97. The van der Waals surface area contributed by atoms with Crippen LogP contribution in [0.1, 0.15) is 58.8 Å². The number of hydrogen-bond donors (Lipinski definition) is 2. The van der Waals surface area contributed by atoms with Crippen molar-refractivity contribution >= 4 is 29.9 Å². The minimum Gasteiger partial charge on any atom is -0.381 e. The van der Waals surface area contributed by atoms with E-state index >= 15 is 0 Å². The quantitative estimate of drug-likeness (QED) is 0.248. The molecule has 1 aliphatic heterocycles. The van der Waals surface area contributed by atoms with Crippen LogP contribution in [0.5, 0.6) is 0 Å². The second-order valence-electron chi connectivity index (χ2n) is 7.35. The molecular weight excluding hydrogens is 429 g/mol. The number of ether oxygens (including phenoxy) is 2. The van der Waals surface area contributed by atoms with Crippen LogP contribution in [0.4, 0.5) is 0 Å². The van der Waals surface area contributed by atoms with Gasteiger partial charge in [0.1, 0.15) is 0 Å². The van der Waals surface area contributed by atoms with Crippen molar-refractivity contribution in [2.75, 3.05) is 39.5 Å². The molecule has 1 heterocycles. The number of guanidine groups is 1. The van der Waals surface area contributed by atoms with E-state index in [1.165, 1.54) is 25.7 Å². The van der Waals surface area contributed by atoms with Crippen molar-refractivity contribution in [1.29, 1.82) is 0 Å². The highest BCUT2D eigenvalue weighted by molar-refractivity contribution is 14.0. The van der Waals surface area contributed by atoms with Crippen LogP contribution in [0.15, 0.2) is 4.99 Å². The van der Waals surface area contributed by atoms with Gasteiger partial charge in [-0.3, -0.25) is 4.99 Å². The van der Waals surface area contributed by atoms with Crippen LogP contribution < -0.4 is 10.6 Å². The molecule has 0 unspecified atom stereocenters. The van der Waals surface area contributed by atoms with Crippen LogP contribution in [0.2, 0.25) is 0 Å². The zero-order chi connectivity index (χ0) is 17.0. The van der Waals surface area contributed by atoms with E-state index in [2.05, 4.69) is 24.5 Å². The molecule has 148 valence electrons. The SMILES string of the molecule is CCNC(=NCCCOCC1CCOCC1)NC1CCC(C)CC1.I. The second kappa shape index (κ2) is 14.0. The van der Waals surface area contributed by atoms with Gasteiger partial charge in [-0.2, -0.15) is 0 Å². The average molecular weight is 467 g/mol. The Bertz CT molecular complexity index is 355.